The van der Waals surface area contributed by atoms with Crippen molar-refractivity contribution >= 4 is 5.91 Å². The van der Waals surface area contributed by atoms with E-state index in [2.05, 4.69) is 0 Å². The van der Waals surface area contributed by atoms with Crippen molar-refractivity contribution in [2.45, 2.75) is 88.8 Å². The summed E-state index contributed by atoms with van der Waals surface area (Å²) < 4.78 is 38.6. The van der Waals surface area contributed by atoms with Gasteiger partial charge in [0.2, 0.25) is 5.91 Å². The summed E-state index contributed by atoms with van der Waals surface area (Å²) in [5.41, 5.74) is -1.36. The first-order valence-corrected chi connectivity index (χ1v) is 9.12. The standard InChI is InChI=1S/C18H28F3NO/c1-22(17-9-5-14(6-10-17)7-11-17)15(23)4-2-3-8-16(12-13-16)18(19,20)21/h14H,2-13H2,1H3. The van der Waals surface area contributed by atoms with Gasteiger partial charge >= 0.3 is 6.18 Å². The van der Waals surface area contributed by atoms with E-state index in [4.69, 9.17) is 0 Å². The van der Waals surface area contributed by atoms with Crippen molar-refractivity contribution in [3.05, 3.63) is 0 Å². The first-order valence-electron chi connectivity index (χ1n) is 9.12. The van der Waals surface area contributed by atoms with Crippen molar-refractivity contribution in [2.24, 2.45) is 11.3 Å². The second-order valence-electron chi connectivity index (χ2n) is 8.14. The highest BCUT2D eigenvalue weighted by Crippen LogP contribution is 2.60. The van der Waals surface area contributed by atoms with Gasteiger partial charge in [-0.25, -0.2) is 0 Å². The number of nitrogens with zero attached hydrogens (tertiary/aromatic N) is 1. The predicted octanol–water partition coefficient (Wildman–Crippen LogP) is 5.07. The highest BCUT2D eigenvalue weighted by atomic mass is 19.4. The summed E-state index contributed by atoms with van der Waals surface area (Å²) in [5, 5.41) is 0. The van der Waals surface area contributed by atoms with E-state index < -0.39 is 11.6 Å². The first kappa shape index (κ1) is 17.1. The zero-order valence-corrected chi connectivity index (χ0v) is 14.1. The Morgan fingerprint density at radius 3 is 2.09 bits per heavy atom. The molecule has 4 aliphatic rings. The lowest BCUT2D eigenvalue weighted by Crippen LogP contribution is -2.54. The van der Waals surface area contributed by atoms with Crippen molar-refractivity contribution in [1.82, 2.24) is 4.90 Å². The molecule has 2 bridgehead atoms. The number of fused-ring (bicyclic) bond motifs is 3. The van der Waals surface area contributed by atoms with Crippen molar-refractivity contribution in [3.63, 3.8) is 0 Å². The van der Waals surface area contributed by atoms with Crippen LogP contribution < -0.4 is 0 Å². The van der Waals surface area contributed by atoms with Gasteiger partial charge < -0.3 is 4.90 Å². The quantitative estimate of drug-likeness (QED) is 0.622. The third kappa shape index (κ3) is 3.25. The molecule has 0 radical (unpaired) electrons. The van der Waals surface area contributed by atoms with Gasteiger partial charge in [0.1, 0.15) is 0 Å². The molecule has 0 aromatic rings. The van der Waals surface area contributed by atoms with Crippen molar-refractivity contribution < 1.29 is 18.0 Å². The van der Waals surface area contributed by atoms with Crippen LogP contribution in [0.4, 0.5) is 13.2 Å². The van der Waals surface area contributed by atoms with Gasteiger partial charge in [-0.1, -0.05) is 6.42 Å². The van der Waals surface area contributed by atoms with Crippen LogP contribution in [-0.2, 0) is 4.79 Å². The van der Waals surface area contributed by atoms with Gasteiger partial charge in [0, 0.05) is 19.0 Å². The van der Waals surface area contributed by atoms with Crippen LogP contribution in [0.3, 0.4) is 0 Å². The molecule has 5 heteroatoms. The summed E-state index contributed by atoms with van der Waals surface area (Å²) in [5.74, 6) is 0.986. The molecule has 0 unspecified atom stereocenters. The number of carbonyl (C=O) groups is 1. The summed E-state index contributed by atoms with van der Waals surface area (Å²) in [4.78, 5) is 14.4. The van der Waals surface area contributed by atoms with Gasteiger partial charge in [-0.15, -0.1) is 0 Å². The van der Waals surface area contributed by atoms with Crippen LogP contribution in [0.2, 0.25) is 0 Å². The number of unbranched alkanes of at least 4 members (excludes halogenated alkanes) is 1. The van der Waals surface area contributed by atoms with Crippen LogP contribution in [0.15, 0.2) is 0 Å². The SMILES string of the molecule is CN(C(=O)CCCCC1(C(F)(F)F)CC1)C12CCC(CC1)CC2. The van der Waals surface area contributed by atoms with Crippen molar-refractivity contribution in [3.8, 4) is 0 Å². The number of hydrogen-bond acceptors (Lipinski definition) is 1. The Balaban J connectivity index is 1.43. The van der Waals surface area contributed by atoms with E-state index in [0.29, 0.717) is 19.3 Å². The van der Waals surface area contributed by atoms with E-state index in [9.17, 15) is 18.0 Å². The second kappa shape index (κ2) is 5.96. The smallest absolute Gasteiger partial charge is 0.340 e. The summed E-state index contributed by atoms with van der Waals surface area (Å²) in [7, 11) is 1.91. The monoisotopic (exact) mass is 331 g/mol. The van der Waals surface area contributed by atoms with Crippen LogP contribution in [0.1, 0.15) is 77.0 Å². The van der Waals surface area contributed by atoms with E-state index in [1.807, 2.05) is 11.9 Å². The summed E-state index contributed by atoms with van der Waals surface area (Å²) in [6.45, 7) is 0. The number of alkyl halides is 3. The third-order valence-electron chi connectivity index (χ3n) is 6.89. The molecular formula is C18H28F3NO. The lowest BCUT2D eigenvalue weighted by atomic mass is 9.65. The molecule has 1 amide bonds. The molecule has 0 heterocycles. The second-order valence-corrected chi connectivity index (χ2v) is 8.14. The molecule has 4 aliphatic carbocycles. The molecule has 0 N–H and O–H groups in total. The minimum Gasteiger partial charge on any atom is -0.340 e. The Morgan fingerprint density at radius 1 is 1.04 bits per heavy atom. The van der Waals surface area contributed by atoms with Gasteiger partial charge in [-0.2, -0.15) is 13.2 Å². The van der Waals surface area contributed by atoms with Gasteiger partial charge in [-0.3, -0.25) is 4.79 Å². The fraction of sp³-hybridized carbons (Fsp3) is 0.944. The molecule has 0 aromatic heterocycles. The van der Waals surface area contributed by atoms with E-state index in [0.717, 1.165) is 25.2 Å². The lowest BCUT2D eigenvalue weighted by Gasteiger charge is -2.51. The Kier molecular flexibility index (Phi) is 4.43. The maximum Gasteiger partial charge on any atom is 0.394 e. The van der Waals surface area contributed by atoms with E-state index >= 15 is 0 Å². The maximum atomic E-state index is 12.9. The molecular weight excluding hydrogens is 303 g/mol. The first-order chi connectivity index (χ1) is 10.8. The van der Waals surface area contributed by atoms with Crippen LogP contribution in [0.5, 0.6) is 0 Å². The topological polar surface area (TPSA) is 20.3 Å². The molecule has 23 heavy (non-hydrogen) atoms. The Morgan fingerprint density at radius 2 is 1.61 bits per heavy atom. The number of rotatable bonds is 6. The normalized spacial score (nSPS) is 31.9. The molecule has 4 rings (SSSR count). The minimum absolute atomic E-state index is 0.0511. The Hall–Kier alpha value is -0.740. The highest BCUT2D eigenvalue weighted by molar-refractivity contribution is 5.76. The summed E-state index contributed by atoms with van der Waals surface area (Å²) >= 11 is 0. The molecule has 0 aliphatic heterocycles. The third-order valence-corrected chi connectivity index (χ3v) is 6.89. The highest BCUT2D eigenvalue weighted by Gasteiger charge is 2.62. The minimum atomic E-state index is -4.06. The fourth-order valence-corrected chi connectivity index (χ4v) is 4.73. The molecule has 0 aromatic carbocycles. The van der Waals surface area contributed by atoms with E-state index in [-0.39, 0.29) is 30.7 Å². The van der Waals surface area contributed by atoms with Gasteiger partial charge in [0.15, 0.2) is 0 Å². The van der Waals surface area contributed by atoms with Crippen LogP contribution in [0.25, 0.3) is 0 Å². The molecule has 4 fully saturated rings. The maximum absolute atomic E-state index is 12.9. The zero-order chi connectivity index (χ0) is 16.7. The summed E-state index contributed by atoms with van der Waals surface area (Å²) in [6.07, 6.45) is 5.18. The molecule has 132 valence electrons. The number of amides is 1. The molecule has 4 saturated carbocycles. The van der Waals surface area contributed by atoms with Gasteiger partial charge in [0.05, 0.1) is 5.41 Å². The van der Waals surface area contributed by atoms with Gasteiger partial charge in [0.25, 0.3) is 0 Å². The van der Waals surface area contributed by atoms with Crippen molar-refractivity contribution in [1.29, 1.82) is 0 Å². The lowest BCUT2D eigenvalue weighted by molar-refractivity contribution is -0.189. The predicted molar refractivity (Wildman–Crippen MR) is 82.9 cm³/mol. The zero-order valence-electron chi connectivity index (χ0n) is 14.1. The summed E-state index contributed by atoms with van der Waals surface area (Å²) in [6, 6.07) is 0. The number of halogens is 3. The van der Waals surface area contributed by atoms with Crippen LogP contribution in [-0.4, -0.2) is 29.6 Å². The molecule has 2 nitrogen and oxygen atoms in total. The molecule has 0 spiro atoms. The van der Waals surface area contributed by atoms with E-state index in [1.165, 1.54) is 19.3 Å². The van der Waals surface area contributed by atoms with Crippen LogP contribution in [0, 0.1) is 11.3 Å². The average molecular weight is 331 g/mol. The number of hydrogen-bond donors (Lipinski definition) is 0. The Labute approximate surface area is 136 Å². The van der Waals surface area contributed by atoms with Crippen molar-refractivity contribution in [2.75, 3.05) is 7.05 Å². The molecule has 0 atom stereocenters. The number of carbonyl (C=O) groups excluding carboxylic acids is 1. The van der Waals surface area contributed by atoms with Gasteiger partial charge in [-0.05, 0) is 70.1 Å². The largest absolute Gasteiger partial charge is 0.394 e. The molecule has 0 saturated heterocycles. The van der Waals surface area contributed by atoms with E-state index in [1.54, 1.807) is 0 Å². The average Bonchev–Trinajstić information content (AvgIpc) is 3.33. The van der Waals surface area contributed by atoms with Crippen LogP contribution >= 0.6 is 0 Å². The fourth-order valence-electron chi connectivity index (χ4n) is 4.73. The Bertz CT molecular complexity index is 434.